The predicted molar refractivity (Wildman–Crippen MR) is 60.6 cm³/mol. The second kappa shape index (κ2) is 5.80. The molecule has 94 valence electrons. The highest BCUT2D eigenvalue weighted by molar-refractivity contribution is 7.89. The molecular weight excluding hydrogens is 242 g/mol. The van der Waals surface area contributed by atoms with E-state index in [1.54, 1.807) is 13.8 Å². The fourth-order valence-electron chi connectivity index (χ4n) is 1.47. The molecule has 0 spiro atoms. The maximum Gasteiger partial charge on any atom is 0.245 e. The lowest BCUT2D eigenvalue weighted by Gasteiger charge is -2.04. The van der Waals surface area contributed by atoms with E-state index in [0.717, 1.165) is 0 Å². The number of sulfonamides is 1. The first-order chi connectivity index (χ1) is 7.99. The Morgan fingerprint density at radius 1 is 1.41 bits per heavy atom. The second-order valence-electron chi connectivity index (χ2n) is 3.67. The van der Waals surface area contributed by atoms with Crippen molar-refractivity contribution in [1.29, 1.82) is 5.26 Å². The molecule has 0 saturated carbocycles. The molecule has 0 bridgehead atoms. The van der Waals surface area contributed by atoms with E-state index in [4.69, 9.17) is 9.78 Å². The smallest absolute Gasteiger partial charge is 0.245 e. The Bertz CT molecular complexity index is 494. The lowest BCUT2D eigenvalue weighted by molar-refractivity contribution is 0.390. The summed E-state index contributed by atoms with van der Waals surface area (Å²) >= 11 is 0. The van der Waals surface area contributed by atoms with Crippen LogP contribution < -0.4 is 4.72 Å². The number of aromatic nitrogens is 1. The van der Waals surface area contributed by atoms with Crippen LogP contribution in [0.2, 0.25) is 0 Å². The first-order valence-electron chi connectivity index (χ1n) is 5.28. The molecular formula is C10H15N3O3S. The molecule has 1 rings (SSSR count). The third-order valence-corrected chi connectivity index (χ3v) is 3.95. The molecule has 0 aliphatic carbocycles. The summed E-state index contributed by atoms with van der Waals surface area (Å²) in [6.07, 6.45) is 1.75. The van der Waals surface area contributed by atoms with Gasteiger partial charge in [0.2, 0.25) is 10.0 Å². The van der Waals surface area contributed by atoms with Gasteiger partial charge in [0.15, 0.2) is 5.76 Å². The van der Waals surface area contributed by atoms with Crippen LogP contribution in [0.25, 0.3) is 0 Å². The first-order valence-corrected chi connectivity index (χ1v) is 6.77. The van der Waals surface area contributed by atoms with E-state index in [1.807, 2.05) is 6.07 Å². The Morgan fingerprint density at radius 3 is 2.65 bits per heavy atom. The number of nitrogens with one attached hydrogen (secondary N) is 1. The standard InChI is InChI=1S/C10H15N3O3S/c1-8-10(9(2)16-13-8)17(14,15)12-7-5-3-4-6-11/h12H,3-5,7H2,1-2H3. The molecule has 0 aliphatic rings. The van der Waals surface area contributed by atoms with Gasteiger partial charge in [0, 0.05) is 13.0 Å². The summed E-state index contributed by atoms with van der Waals surface area (Å²) in [5, 5.41) is 11.9. The van der Waals surface area contributed by atoms with Gasteiger partial charge in [0.25, 0.3) is 0 Å². The van der Waals surface area contributed by atoms with Crippen LogP contribution in [0, 0.1) is 25.2 Å². The molecule has 0 aromatic carbocycles. The van der Waals surface area contributed by atoms with Gasteiger partial charge in [0.1, 0.15) is 10.6 Å². The van der Waals surface area contributed by atoms with Crippen LogP contribution in [-0.4, -0.2) is 20.1 Å². The highest BCUT2D eigenvalue weighted by atomic mass is 32.2. The minimum absolute atomic E-state index is 0.109. The molecule has 17 heavy (non-hydrogen) atoms. The number of hydrogen-bond donors (Lipinski definition) is 1. The molecule has 1 aromatic heterocycles. The molecule has 0 fully saturated rings. The Hall–Kier alpha value is -1.39. The van der Waals surface area contributed by atoms with Crippen molar-refractivity contribution in [1.82, 2.24) is 9.88 Å². The van der Waals surface area contributed by atoms with Gasteiger partial charge in [-0.05, 0) is 26.7 Å². The van der Waals surface area contributed by atoms with Crippen molar-refractivity contribution in [2.45, 2.75) is 38.0 Å². The topological polar surface area (TPSA) is 96.0 Å². The summed E-state index contributed by atoms with van der Waals surface area (Å²) in [5.74, 6) is 0.284. The fourth-order valence-corrected chi connectivity index (χ4v) is 2.87. The van der Waals surface area contributed by atoms with Crippen molar-refractivity contribution < 1.29 is 12.9 Å². The Morgan fingerprint density at radius 2 is 2.12 bits per heavy atom. The van der Waals surface area contributed by atoms with Crippen LogP contribution >= 0.6 is 0 Å². The number of nitriles is 1. The average molecular weight is 257 g/mol. The molecule has 1 heterocycles. The Labute approximate surface area is 101 Å². The molecule has 0 atom stereocenters. The third-order valence-electron chi connectivity index (χ3n) is 2.24. The Kier molecular flexibility index (Phi) is 4.66. The summed E-state index contributed by atoms with van der Waals surface area (Å²) in [4.78, 5) is 0.109. The van der Waals surface area contributed by atoms with Crippen LogP contribution in [0.5, 0.6) is 0 Å². The number of unbranched alkanes of at least 4 members (excludes halogenated alkanes) is 2. The highest BCUT2D eigenvalue weighted by Gasteiger charge is 2.23. The number of aryl methyl sites for hydroxylation is 2. The minimum Gasteiger partial charge on any atom is -0.360 e. The SMILES string of the molecule is Cc1noc(C)c1S(=O)(=O)NCCCCC#N. The largest absolute Gasteiger partial charge is 0.360 e. The zero-order valence-corrected chi connectivity index (χ0v) is 10.7. The minimum atomic E-state index is -3.55. The van der Waals surface area contributed by atoms with Gasteiger partial charge in [-0.3, -0.25) is 0 Å². The molecule has 0 unspecified atom stereocenters. The summed E-state index contributed by atoms with van der Waals surface area (Å²) < 4.78 is 31.1. The molecule has 0 saturated heterocycles. The summed E-state index contributed by atoms with van der Waals surface area (Å²) in [6, 6.07) is 2.01. The van der Waals surface area contributed by atoms with Crippen molar-refractivity contribution in [3.63, 3.8) is 0 Å². The second-order valence-corrected chi connectivity index (χ2v) is 5.37. The van der Waals surface area contributed by atoms with Crippen LogP contribution in [0.15, 0.2) is 9.42 Å². The zero-order valence-electron chi connectivity index (χ0n) is 9.86. The van der Waals surface area contributed by atoms with E-state index in [0.29, 0.717) is 31.5 Å². The van der Waals surface area contributed by atoms with E-state index in [1.165, 1.54) is 0 Å². The molecule has 1 N–H and O–H groups in total. The van der Waals surface area contributed by atoms with E-state index < -0.39 is 10.0 Å². The van der Waals surface area contributed by atoms with Gasteiger partial charge < -0.3 is 4.52 Å². The van der Waals surface area contributed by atoms with Gasteiger partial charge in [-0.25, -0.2) is 13.1 Å². The van der Waals surface area contributed by atoms with Gasteiger partial charge >= 0.3 is 0 Å². The Balaban J connectivity index is 2.62. The van der Waals surface area contributed by atoms with Crippen molar-refractivity contribution in [2.75, 3.05) is 6.54 Å². The lowest BCUT2D eigenvalue weighted by atomic mass is 10.2. The molecule has 0 aliphatic heterocycles. The quantitative estimate of drug-likeness (QED) is 0.774. The predicted octanol–water partition coefficient (Wildman–Crippen LogP) is 1.26. The third kappa shape index (κ3) is 3.54. The maximum absolute atomic E-state index is 11.9. The summed E-state index contributed by atoms with van der Waals surface area (Å²) in [6.45, 7) is 3.46. The zero-order chi connectivity index (χ0) is 12.9. The molecule has 1 aromatic rings. The van der Waals surface area contributed by atoms with Crippen LogP contribution in [0.4, 0.5) is 0 Å². The lowest BCUT2D eigenvalue weighted by Crippen LogP contribution is -2.25. The fraction of sp³-hybridized carbons (Fsp3) is 0.600. The van der Waals surface area contributed by atoms with Crippen molar-refractivity contribution in [3.8, 4) is 6.07 Å². The van der Waals surface area contributed by atoms with Crippen LogP contribution in [0.1, 0.15) is 30.7 Å². The molecule has 0 radical (unpaired) electrons. The van der Waals surface area contributed by atoms with Crippen molar-refractivity contribution in [3.05, 3.63) is 11.5 Å². The van der Waals surface area contributed by atoms with Gasteiger partial charge in [0.05, 0.1) is 6.07 Å². The van der Waals surface area contributed by atoms with Gasteiger partial charge in [-0.2, -0.15) is 5.26 Å². The number of rotatable bonds is 6. The summed E-state index contributed by atoms with van der Waals surface area (Å²) in [5.41, 5.74) is 0.354. The average Bonchev–Trinajstić information content (AvgIpc) is 2.58. The van der Waals surface area contributed by atoms with Crippen LogP contribution in [0.3, 0.4) is 0 Å². The first kappa shape index (κ1) is 13.7. The van der Waals surface area contributed by atoms with E-state index in [-0.39, 0.29) is 10.7 Å². The maximum atomic E-state index is 11.9. The molecule has 0 amide bonds. The normalized spacial score (nSPS) is 11.4. The molecule has 6 nitrogen and oxygen atoms in total. The van der Waals surface area contributed by atoms with Crippen molar-refractivity contribution >= 4 is 10.0 Å². The van der Waals surface area contributed by atoms with E-state index in [2.05, 4.69) is 9.88 Å². The van der Waals surface area contributed by atoms with E-state index in [9.17, 15) is 8.42 Å². The number of hydrogen-bond acceptors (Lipinski definition) is 5. The van der Waals surface area contributed by atoms with Gasteiger partial charge in [-0.1, -0.05) is 5.16 Å². The van der Waals surface area contributed by atoms with Crippen molar-refractivity contribution in [2.24, 2.45) is 0 Å². The van der Waals surface area contributed by atoms with Crippen LogP contribution in [-0.2, 0) is 10.0 Å². The monoisotopic (exact) mass is 257 g/mol. The molecule has 7 heteroatoms. The number of nitrogens with zero attached hydrogens (tertiary/aromatic N) is 2. The summed E-state index contributed by atoms with van der Waals surface area (Å²) in [7, 11) is -3.55. The van der Waals surface area contributed by atoms with Gasteiger partial charge in [-0.15, -0.1) is 0 Å². The highest BCUT2D eigenvalue weighted by Crippen LogP contribution is 2.18. The van der Waals surface area contributed by atoms with E-state index >= 15 is 0 Å².